The summed E-state index contributed by atoms with van der Waals surface area (Å²) >= 11 is 1.73. The van der Waals surface area contributed by atoms with Crippen molar-refractivity contribution >= 4 is 17.2 Å². The first-order valence-electron chi connectivity index (χ1n) is 9.78. The molecule has 0 saturated heterocycles. The van der Waals surface area contributed by atoms with Gasteiger partial charge >= 0.3 is 0 Å². The summed E-state index contributed by atoms with van der Waals surface area (Å²) in [5.41, 5.74) is 9.29. The maximum absolute atomic E-state index is 13.0. The van der Waals surface area contributed by atoms with Crippen LogP contribution in [0.25, 0.3) is 0 Å². The molecule has 0 bridgehead atoms. The Balaban J connectivity index is 1.57. The molecule has 28 heavy (non-hydrogen) atoms. The largest absolute Gasteiger partial charge is 0.493 e. The fourth-order valence-electron chi connectivity index (χ4n) is 3.82. The number of thiophene rings is 1. The first kappa shape index (κ1) is 20.7. The maximum atomic E-state index is 13.0. The molecule has 1 aromatic heterocycles. The molecule has 0 spiro atoms. The number of hydrogen-bond acceptors (Lipinski definition) is 5. The summed E-state index contributed by atoms with van der Waals surface area (Å²) in [6.07, 6.45) is 4.64. The van der Waals surface area contributed by atoms with Crippen LogP contribution in [-0.4, -0.2) is 43.7 Å². The molecule has 0 fully saturated rings. The zero-order valence-electron chi connectivity index (χ0n) is 17.0. The molecule has 1 aliphatic heterocycles. The standard InChI is InChI=1S/C22H30N2O3S/c1-22(23,10-4-5-16-9-14-28-15-16)11-13-24-12-8-17-18(21(24)25)6-7-19(26-2)20(17)27-3/h6-7,9,14-15H,4-5,8,10-13,23H2,1-3H3. The quantitative estimate of drug-likeness (QED) is 0.691. The highest BCUT2D eigenvalue weighted by atomic mass is 32.1. The van der Waals surface area contributed by atoms with E-state index in [1.807, 2.05) is 11.0 Å². The Morgan fingerprint density at radius 2 is 2.04 bits per heavy atom. The number of carbonyl (C=O) groups excluding carboxylic acids is 1. The minimum atomic E-state index is -0.270. The summed E-state index contributed by atoms with van der Waals surface area (Å²) in [6.45, 7) is 3.45. The van der Waals surface area contributed by atoms with Crippen LogP contribution in [0.1, 0.15) is 47.7 Å². The molecule has 152 valence electrons. The molecule has 1 atom stereocenters. The predicted octanol–water partition coefficient (Wildman–Crippen LogP) is 3.89. The number of ether oxygens (including phenoxy) is 2. The third kappa shape index (κ3) is 4.67. The lowest BCUT2D eigenvalue weighted by molar-refractivity contribution is 0.0725. The molecular weight excluding hydrogens is 372 g/mol. The normalized spacial score (nSPS) is 15.9. The van der Waals surface area contributed by atoms with Gasteiger partial charge in [-0.2, -0.15) is 11.3 Å². The number of nitrogens with two attached hydrogens (primary N) is 1. The van der Waals surface area contributed by atoms with Gasteiger partial charge in [-0.05, 0) is 73.6 Å². The Hall–Kier alpha value is -2.05. The van der Waals surface area contributed by atoms with E-state index in [0.29, 0.717) is 30.2 Å². The Bertz CT molecular complexity index is 802. The van der Waals surface area contributed by atoms with Gasteiger partial charge in [-0.3, -0.25) is 4.79 Å². The van der Waals surface area contributed by atoms with Crippen LogP contribution in [0, 0.1) is 0 Å². The van der Waals surface area contributed by atoms with Gasteiger partial charge in [-0.25, -0.2) is 0 Å². The van der Waals surface area contributed by atoms with E-state index < -0.39 is 0 Å². The van der Waals surface area contributed by atoms with Crippen LogP contribution < -0.4 is 15.2 Å². The monoisotopic (exact) mass is 402 g/mol. The van der Waals surface area contributed by atoms with Crippen molar-refractivity contribution in [2.45, 2.75) is 44.6 Å². The lowest BCUT2D eigenvalue weighted by Gasteiger charge is -2.33. The van der Waals surface area contributed by atoms with Gasteiger partial charge in [0.25, 0.3) is 5.91 Å². The topological polar surface area (TPSA) is 64.8 Å². The van der Waals surface area contributed by atoms with E-state index >= 15 is 0 Å². The molecule has 1 aliphatic rings. The highest BCUT2D eigenvalue weighted by Crippen LogP contribution is 2.36. The van der Waals surface area contributed by atoms with Gasteiger partial charge in [0.15, 0.2) is 11.5 Å². The lowest BCUT2D eigenvalue weighted by atomic mass is 9.90. The summed E-state index contributed by atoms with van der Waals surface area (Å²) < 4.78 is 10.8. The summed E-state index contributed by atoms with van der Waals surface area (Å²) in [4.78, 5) is 14.9. The number of carbonyl (C=O) groups is 1. The van der Waals surface area contributed by atoms with E-state index in [9.17, 15) is 4.79 Å². The minimum absolute atomic E-state index is 0.0521. The van der Waals surface area contributed by atoms with Crippen molar-refractivity contribution in [1.82, 2.24) is 4.90 Å². The van der Waals surface area contributed by atoms with Crippen molar-refractivity contribution in [1.29, 1.82) is 0 Å². The van der Waals surface area contributed by atoms with Gasteiger partial charge in [-0.15, -0.1) is 0 Å². The van der Waals surface area contributed by atoms with Gasteiger partial charge in [-0.1, -0.05) is 0 Å². The first-order valence-corrected chi connectivity index (χ1v) is 10.7. The molecule has 2 N–H and O–H groups in total. The molecule has 0 radical (unpaired) electrons. The van der Waals surface area contributed by atoms with E-state index in [1.54, 1.807) is 31.6 Å². The number of amides is 1. The number of hydrogen-bond donors (Lipinski definition) is 1. The molecule has 0 aliphatic carbocycles. The minimum Gasteiger partial charge on any atom is -0.493 e. The van der Waals surface area contributed by atoms with Crippen LogP contribution in [0.2, 0.25) is 0 Å². The molecule has 2 heterocycles. The molecule has 6 heteroatoms. The lowest BCUT2D eigenvalue weighted by Crippen LogP contribution is -2.44. The predicted molar refractivity (Wildman–Crippen MR) is 114 cm³/mol. The molecule has 3 rings (SSSR count). The number of methoxy groups -OCH3 is 2. The number of nitrogens with zero attached hydrogens (tertiary/aromatic N) is 1. The second kappa shape index (κ2) is 8.97. The van der Waals surface area contributed by atoms with E-state index in [0.717, 1.165) is 37.7 Å². The number of aryl methyl sites for hydroxylation is 1. The molecule has 2 aromatic rings. The SMILES string of the molecule is COc1ccc2c(c1OC)CCN(CCC(C)(N)CCCc1ccsc1)C2=O. The van der Waals surface area contributed by atoms with E-state index in [4.69, 9.17) is 15.2 Å². The van der Waals surface area contributed by atoms with Crippen LogP contribution >= 0.6 is 11.3 Å². The maximum Gasteiger partial charge on any atom is 0.254 e. The van der Waals surface area contributed by atoms with Crippen LogP contribution in [0.15, 0.2) is 29.0 Å². The fraction of sp³-hybridized carbons (Fsp3) is 0.500. The smallest absolute Gasteiger partial charge is 0.254 e. The summed E-state index contributed by atoms with van der Waals surface area (Å²) in [5, 5.41) is 4.31. The van der Waals surface area contributed by atoms with E-state index in [1.165, 1.54) is 5.56 Å². The Morgan fingerprint density at radius 1 is 1.21 bits per heavy atom. The third-order valence-electron chi connectivity index (χ3n) is 5.54. The molecular formula is C22H30N2O3S. The van der Waals surface area contributed by atoms with Crippen molar-refractivity contribution in [2.24, 2.45) is 5.73 Å². The highest BCUT2D eigenvalue weighted by molar-refractivity contribution is 7.07. The average Bonchev–Trinajstić information content (AvgIpc) is 3.20. The second-order valence-electron chi connectivity index (χ2n) is 7.76. The second-order valence-corrected chi connectivity index (χ2v) is 8.54. The number of benzene rings is 1. The zero-order valence-corrected chi connectivity index (χ0v) is 17.8. The number of rotatable bonds is 9. The number of fused-ring (bicyclic) bond motifs is 1. The van der Waals surface area contributed by atoms with Crippen molar-refractivity contribution in [3.05, 3.63) is 45.6 Å². The van der Waals surface area contributed by atoms with Crippen LogP contribution in [0.4, 0.5) is 0 Å². The molecule has 0 saturated carbocycles. The molecule has 1 amide bonds. The Labute approximate surface area is 171 Å². The van der Waals surface area contributed by atoms with Crippen molar-refractivity contribution < 1.29 is 14.3 Å². The third-order valence-corrected chi connectivity index (χ3v) is 6.28. The molecule has 5 nitrogen and oxygen atoms in total. The Kier molecular flexibility index (Phi) is 6.62. The van der Waals surface area contributed by atoms with Crippen LogP contribution in [0.5, 0.6) is 11.5 Å². The first-order chi connectivity index (χ1) is 13.4. The average molecular weight is 403 g/mol. The highest BCUT2D eigenvalue weighted by Gasteiger charge is 2.29. The van der Waals surface area contributed by atoms with E-state index in [2.05, 4.69) is 23.8 Å². The zero-order chi connectivity index (χ0) is 20.1. The van der Waals surface area contributed by atoms with Crippen molar-refractivity contribution in [2.75, 3.05) is 27.3 Å². The summed E-state index contributed by atoms with van der Waals surface area (Å²) in [5.74, 6) is 1.39. The van der Waals surface area contributed by atoms with Gasteiger partial charge < -0.3 is 20.1 Å². The van der Waals surface area contributed by atoms with E-state index in [-0.39, 0.29) is 11.4 Å². The van der Waals surface area contributed by atoms with Gasteiger partial charge in [0.1, 0.15) is 0 Å². The van der Waals surface area contributed by atoms with Crippen molar-refractivity contribution in [3.63, 3.8) is 0 Å². The van der Waals surface area contributed by atoms with Gasteiger partial charge in [0, 0.05) is 29.8 Å². The Morgan fingerprint density at radius 3 is 2.71 bits per heavy atom. The van der Waals surface area contributed by atoms with Crippen LogP contribution in [-0.2, 0) is 12.8 Å². The molecule has 1 unspecified atom stereocenters. The van der Waals surface area contributed by atoms with Gasteiger partial charge in [0.05, 0.1) is 14.2 Å². The van der Waals surface area contributed by atoms with Crippen molar-refractivity contribution in [3.8, 4) is 11.5 Å². The summed E-state index contributed by atoms with van der Waals surface area (Å²) in [6, 6.07) is 5.82. The van der Waals surface area contributed by atoms with Gasteiger partial charge in [0.2, 0.25) is 0 Å². The molecule has 1 aromatic carbocycles. The summed E-state index contributed by atoms with van der Waals surface area (Å²) in [7, 11) is 3.23. The van der Waals surface area contributed by atoms with Crippen LogP contribution in [0.3, 0.4) is 0 Å². The fourth-order valence-corrected chi connectivity index (χ4v) is 4.52.